The molecular formula is C13H16N4O2S. The molecule has 2 heterocycles. The van der Waals surface area contributed by atoms with Crippen molar-refractivity contribution in [2.24, 2.45) is 0 Å². The summed E-state index contributed by atoms with van der Waals surface area (Å²) in [6, 6.07) is 3.19. The molecule has 1 atom stereocenters. The first-order valence-electron chi connectivity index (χ1n) is 6.16. The minimum Gasteiger partial charge on any atom is -0.464 e. The predicted molar refractivity (Wildman–Crippen MR) is 78.8 cm³/mol. The largest absolute Gasteiger partial charge is 0.464 e. The summed E-state index contributed by atoms with van der Waals surface area (Å²) in [6.07, 6.45) is 2.59. The second-order valence-electron chi connectivity index (χ2n) is 4.10. The van der Waals surface area contributed by atoms with Gasteiger partial charge in [0, 0.05) is 11.6 Å². The van der Waals surface area contributed by atoms with Gasteiger partial charge in [0.25, 0.3) is 0 Å². The molecule has 3 N–H and O–H groups in total. The fourth-order valence-corrected chi connectivity index (χ4v) is 2.49. The van der Waals surface area contributed by atoms with Gasteiger partial charge in [0.1, 0.15) is 5.01 Å². The number of pyridine rings is 1. The van der Waals surface area contributed by atoms with Gasteiger partial charge in [-0.05, 0) is 18.6 Å². The van der Waals surface area contributed by atoms with Crippen molar-refractivity contribution in [2.75, 3.05) is 18.2 Å². The number of rotatable bonds is 5. The molecule has 0 aromatic carbocycles. The predicted octanol–water partition coefficient (Wildman–Crippen LogP) is 2.47. The van der Waals surface area contributed by atoms with Gasteiger partial charge in [0.05, 0.1) is 18.8 Å². The van der Waals surface area contributed by atoms with Crippen molar-refractivity contribution in [1.29, 1.82) is 0 Å². The first-order valence-corrected chi connectivity index (χ1v) is 7.04. The Hall–Kier alpha value is -2.15. The van der Waals surface area contributed by atoms with Gasteiger partial charge in [-0.15, -0.1) is 11.3 Å². The van der Waals surface area contributed by atoms with Crippen LogP contribution in [-0.4, -0.2) is 23.0 Å². The Morgan fingerprint density at radius 1 is 1.55 bits per heavy atom. The van der Waals surface area contributed by atoms with Crippen LogP contribution >= 0.6 is 11.3 Å². The second kappa shape index (κ2) is 6.33. The minimum atomic E-state index is -0.490. The van der Waals surface area contributed by atoms with Crippen molar-refractivity contribution in [3.63, 3.8) is 0 Å². The average molecular weight is 292 g/mol. The Bertz CT molecular complexity index is 586. The SMILES string of the molecule is CCC(Nc1nc(C(=O)OC)ccc1N)c1nccs1. The number of thiazole rings is 1. The van der Waals surface area contributed by atoms with E-state index in [0.717, 1.165) is 11.4 Å². The molecule has 0 saturated carbocycles. The first kappa shape index (κ1) is 14.3. The number of anilines is 2. The van der Waals surface area contributed by atoms with Crippen molar-refractivity contribution in [3.8, 4) is 0 Å². The van der Waals surface area contributed by atoms with Crippen molar-refractivity contribution in [2.45, 2.75) is 19.4 Å². The van der Waals surface area contributed by atoms with Crippen LogP contribution in [0.5, 0.6) is 0 Å². The van der Waals surface area contributed by atoms with Crippen LogP contribution in [0.4, 0.5) is 11.5 Å². The number of carbonyl (C=O) groups is 1. The third kappa shape index (κ3) is 3.05. The van der Waals surface area contributed by atoms with Crippen LogP contribution < -0.4 is 11.1 Å². The van der Waals surface area contributed by atoms with Gasteiger partial charge >= 0.3 is 5.97 Å². The fourth-order valence-electron chi connectivity index (χ4n) is 1.71. The van der Waals surface area contributed by atoms with Gasteiger partial charge < -0.3 is 15.8 Å². The van der Waals surface area contributed by atoms with E-state index in [1.165, 1.54) is 13.2 Å². The van der Waals surface area contributed by atoms with Crippen molar-refractivity contribution >= 4 is 28.8 Å². The number of nitrogens with two attached hydrogens (primary N) is 1. The van der Waals surface area contributed by atoms with Crippen LogP contribution in [0.1, 0.15) is 34.9 Å². The maximum Gasteiger partial charge on any atom is 0.356 e. The third-order valence-corrected chi connectivity index (χ3v) is 3.68. The Balaban J connectivity index is 2.25. The van der Waals surface area contributed by atoms with Crippen molar-refractivity contribution in [1.82, 2.24) is 9.97 Å². The van der Waals surface area contributed by atoms with Crippen LogP contribution in [0.2, 0.25) is 0 Å². The zero-order valence-corrected chi connectivity index (χ0v) is 12.1. The highest BCUT2D eigenvalue weighted by Crippen LogP contribution is 2.26. The number of carbonyl (C=O) groups excluding carboxylic acids is 1. The summed E-state index contributed by atoms with van der Waals surface area (Å²) in [4.78, 5) is 20.0. The summed E-state index contributed by atoms with van der Waals surface area (Å²) in [6.45, 7) is 2.04. The smallest absolute Gasteiger partial charge is 0.356 e. The molecule has 0 spiro atoms. The van der Waals surface area contributed by atoms with Crippen LogP contribution in [0, 0.1) is 0 Å². The van der Waals surface area contributed by atoms with Crippen LogP contribution in [0.15, 0.2) is 23.7 Å². The topological polar surface area (TPSA) is 90.1 Å². The second-order valence-corrected chi connectivity index (χ2v) is 5.03. The highest BCUT2D eigenvalue weighted by Gasteiger charge is 2.16. The molecule has 20 heavy (non-hydrogen) atoms. The summed E-state index contributed by atoms with van der Waals surface area (Å²) >= 11 is 1.56. The quantitative estimate of drug-likeness (QED) is 0.823. The summed E-state index contributed by atoms with van der Waals surface area (Å²) in [7, 11) is 1.32. The Morgan fingerprint density at radius 3 is 2.95 bits per heavy atom. The van der Waals surface area contributed by atoms with E-state index in [1.54, 1.807) is 23.6 Å². The van der Waals surface area contributed by atoms with Crippen LogP contribution in [-0.2, 0) is 4.74 Å². The summed E-state index contributed by atoms with van der Waals surface area (Å²) in [5, 5.41) is 6.10. The number of esters is 1. The van der Waals surface area contributed by atoms with Crippen LogP contribution in [0.25, 0.3) is 0 Å². The molecular weight excluding hydrogens is 276 g/mol. The molecule has 0 saturated heterocycles. The lowest BCUT2D eigenvalue weighted by molar-refractivity contribution is 0.0594. The highest BCUT2D eigenvalue weighted by atomic mass is 32.1. The van der Waals surface area contributed by atoms with E-state index in [1.807, 2.05) is 12.3 Å². The lowest BCUT2D eigenvalue weighted by atomic mass is 10.2. The molecule has 6 nitrogen and oxygen atoms in total. The molecule has 0 radical (unpaired) electrons. The summed E-state index contributed by atoms with van der Waals surface area (Å²) < 4.78 is 4.65. The monoisotopic (exact) mass is 292 g/mol. The molecule has 106 valence electrons. The van der Waals surface area contributed by atoms with Crippen LogP contribution in [0.3, 0.4) is 0 Å². The molecule has 7 heteroatoms. The number of nitrogens with one attached hydrogen (secondary N) is 1. The zero-order chi connectivity index (χ0) is 14.5. The summed E-state index contributed by atoms with van der Waals surface area (Å²) in [5.41, 5.74) is 6.59. The van der Waals surface area contributed by atoms with E-state index in [0.29, 0.717) is 11.5 Å². The van der Waals surface area contributed by atoms with Crippen molar-refractivity contribution < 1.29 is 9.53 Å². The number of hydrogen-bond donors (Lipinski definition) is 2. The average Bonchev–Trinajstić information content (AvgIpc) is 2.99. The van der Waals surface area contributed by atoms with Gasteiger partial charge in [-0.2, -0.15) is 0 Å². The van der Waals surface area contributed by atoms with E-state index >= 15 is 0 Å². The Morgan fingerprint density at radius 2 is 2.35 bits per heavy atom. The Kier molecular flexibility index (Phi) is 4.52. The molecule has 2 aromatic heterocycles. The van der Waals surface area contributed by atoms with E-state index in [2.05, 4.69) is 20.0 Å². The molecule has 1 unspecified atom stereocenters. The van der Waals surface area contributed by atoms with Gasteiger partial charge in [-0.25, -0.2) is 14.8 Å². The first-order chi connectivity index (χ1) is 9.65. The molecule has 0 amide bonds. The van der Waals surface area contributed by atoms with Crippen molar-refractivity contribution in [3.05, 3.63) is 34.4 Å². The maximum atomic E-state index is 11.5. The van der Waals surface area contributed by atoms with E-state index in [9.17, 15) is 4.79 Å². The van der Waals surface area contributed by atoms with E-state index < -0.39 is 5.97 Å². The number of nitrogen functional groups attached to an aromatic ring is 1. The lowest BCUT2D eigenvalue weighted by Gasteiger charge is -2.16. The maximum absolute atomic E-state index is 11.5. The highest BCUT2D eigenvalue weighted by molar-refractivity contribution is 7.09. The number of hydrogen-bond acceptors (Lipinski definition) is 7. The molecule has 2 aromatic rings. The molecule has 0 fully saturated rings. The Labute approximate surface area is 121 Å². The van der Waals surface area contributed by atoms with Gasteiger partial charge in [-0.1, -0.05) is 6.92 Å². The third-order valence-electron chi connectivity index (χ3n) is 2.79. The minimum absolute atomic E-state index is 0.0118. The molecule has 0 aliphatic heterocycles. The molecule has 0 aliphatic carbocycles. The zero-order valence-electron chi connectivity index (χ0n) is 11.3. The van der Waals surface area contributed by atoms with Gasteiger partial charge in [-0.3, -0.25) is 0 Å². The van der Waals surface area contributed by atoms with E-state index in [-0.39, 0.29) is 11.7 Å². The molecule has 0 aliphatic rings. The molecule has 0 bridgehead atoms. The van der Waals surface area contributed by atoms with Gasteiger partial charge in [0.2, 0.25) is 0 Å². The summed E-state index contributed by atoms with van der Waals surface area (Å²) in [5.74, 6) is -0.0229. The number of aromatic nitrogens is 2. The lowest BCUT2D eigenvalue weighted by Crippen LogP contribution is -2.14. The number of ether oxygens (including phenoxy) is 1. The van der Waals surface area contributed by atoms with E-state index in [4.69, 9.17) is 5.73 Å². The number of methoxy groups -OCH3 is 1. The standard InChI is InChI=1S/C13H16N4O2S/c1-3-9(12-15-6-7-20-12)16-11-8(14)4-5-10(17-11)13(18)19-2/h4-7,9H,3,14H2,1-2H3,(H,16,17). The number of nitrogens with zero attached hydrogens (tertiary/aromatic N) is 2. The normalized spacial score (nSPS) is 11.9. The van der Waals surface area contributed by atoms with Gasteiger partial charge in [0.15, 0.2) is 11.5 Å². The fraction of sp³-hybridized carbons (Fsp3) is 0.308. The molecule has 2 rings (SSSR count).